The molecule has 0 saturated heterocycles. The quantitative estimate of drug-likeness (QED) is 0.698. The molecule has 0 aromatic rings. The van der Waals surface area contributed by atoms with Crippen LogP contribution in [0.3, 0.4) is 0 Å². The third-order valence-electron chi connectivity index (χ3n) is 3.89. The molecule has 88 valence electrons. The molecule has 0 aromatic heterocycles. The number of rotatable bonds is 7. The van der Waals surface area contributed by atoms with Crippen molar-refractivity contribution in [3.8, 4) is 0 Å². The highest BCUT2D eigenvalue weighted by Gasteiger charge is 2.21. The van der Waals surface area contributed by atoms with Crippen LogP contribution in [-0.2, 0) is 4.79 Å². The highest BCUT2D eigenvalue weighted by molar-refractivity contribution is 5.69. The number of hydrogen-bond donors (Lipinski definition) is 1. The minimum absolute atomic E-state index is 0.170. The zero-order valence-electron chi connectivity index (χ0n) is 10.0. The second kappa shape index (κ2) is 6.14. The fraction of sp³-hybridized carbons (Fsp3) is 0.923. The van der Waals surface area contributed by atoms with Crippen LogP contribution < -0.4 is 0 Å². The summed E-state index contributed by atoms with van der Waals surface area (Å²) >= 11 is 0. The lowest BCUT2D eigenvalue weighted by atomic mass is 9.79. The summed E-state index contributed by atoms with van der Waals surface area (Å²) in [4.78, 5) is 10.8. The van der Waals surface area contributed by atoms with Gasteiger partial charge in [0.15, 0.2) is 0 Å². The molecule has 2 unspecified atom stereocenters. The molecular weight excluding hydrogens is 188 g/mol. The maximum Gasteiger partial charge on any atom is 0.306 e. The Labute approximate surface area is 93.1 Å². The normalized spacial score (nSPS) is 20.7. The van der Waals surface area contributed by atoms with Crippen LogP contribution in [0.25, 0.3) is 0 Å². The van der Waals surface area contributed by atoms with Crippen LogP contribution in [0.1, 0.15) is 58.8 Å². The molecule has 0 amide bonds. The summed E-state index contributed by atoms with van der Waals surface area (Å²) in [5.74, 6) is 0.768. The van der Waals surface area contributed by atoms with Crippen LogP contribution in [0.2, 0.25) is 0 Å². The predicted molar refractivity (Wildman–Crippen MR) is 61.8 cm³/mol. The fourth-order valence-corrected chi connectivity index (χ4v) is 2.34. The molecule has 2 atom stereocenters. The lowest BCUT2D eigenvalue weighted by Crippen LogP contribution is -2.17. The molecule has 2 nitrogen and oxygen atoms in total. The van der Waals surface area contributed by atoms with Crippen LogP contribution in [0.15, 0.2) is 0 Å². The molecule has 1 rings (SSSR count). The van der Waals surface area contributed by atoms with Crippen molar-refractivity contribution in [2.45, 2.75) is 58.8 Å². The third-order valence-corrected chi connectivity index (χ3v) is 3.89. The minimum atomic E-state index is -0.642. The highest BCUT2D eigenvalue weighted by Crippen LogP contribution is 2.33. The standard InChI is InChI=1S/C13H24O2/c1-3-11(9-10(2)13(14)15)7-8-12-5-4-6-12/h10-12H,3-9H2,1-2H3,(H,14,15). The van der Waals surface area contributed by atoms with Crippen molar-refractivity contribution in [2.75, 3.05) is 0 Å². The molecule has 15 heavy (non-hydrogen) atoms. The maximum atomic E-state index is 10.8. The molecule has 1 N–H and O–H groups in total. The maximum absolute atomic E-state index is 10.8. The van der Waals surface area contributed by atoms with E-state index in [9.17, 15) is 4.79 Å². The second-order valence-corrected chi connectivity index (χ2v) is 5.12. The van der Waals surface area contributed by atoms with Crippen molar-refractivity contribution in [1.82, 2.24) is 0 Å². The first kappa shape index (κ1) is 12.5. The summed E-state index contributed by atoms with van der Waals surface area (Å²) in [6.07, 6.45) is 8.77. The Hall–Kier alpha value is -0.530. The lowest BCUT2D eigenvalue weighted by Gasteiger charge is -2.27. The fourth-order valence-electron chi connectivity index (χ4n) is 2.34. The highest BCUT2D eigenvalue weighted by atomic mass is 16.4. The van der Waals surface area contributed by atoms with Crippen molar-refractivity contribution in [2.24, 2.45) is 17.8 Å². The first-order valence-corrected chi connectivity index (χ1v) is 6.36. The van der Waals surface area contributed by atoms with Crippen LogP contribution in [0, 0.1) is 17.8 Å². The van der Waals surface area contributed by atoms with E-state index in [0.29, 0.717) is 5.92 Å². The summed E-state index contributed by atoms with van der Waals surface area (Å²) in [5.41, 5.74) is 0. The van der Waals surface area contributed by atoms with Crippen LogP contribution in [-0.4, -0.2) is 11.1 Å². The largest absolute Gasteiger partial charge is 0.481 e. The Balaban J connectivity index is 2.18. The topological polar surface area (TPSA) is 37.3 Å². The van der Waals surface area contributed by atoms with E-state index in [-0.39, 0.29) is 5.92 Å². The van der Waals surface area contributed by atoms with Gasteiger partial charge in [-0.25, -0.2) is 0 Å². The van der Waals surface area contributed by atoms with Crippen LogP contribution in [0.5, 0.6) is 0 Å². The first-order chi connectivity index (χ1) is 7.13. The molecule has 1 fully saturated rings. The molecule has 1 aliphatic carbocycles. The molecule has 2 heteroatoms. The van der Waals surface area contributed by atoms with Crippen molar-refractivity contribution in [3.05, 3.63) is 0 Å². The van der Waals surface area contributed by atoms with E-state index in [0.717, 1.165) is 18.8 Å². The average Bonchev–Trinajstić information content (AvgIpc) is 2.13. The smallest absolute Gasteiger partial charge is 0.306 e. The van der Waals surface area contributed by atoms with Gasteiger partial charge in [0.1, 0.15) is 0 Å². The predicted octanol–water partition coefficient (Wildman–Crippen LogP) is 3.70. The molecule has 0 aromatic carbocycles. The molecule has 0 bridgehead atoms. The Kier molecular flexibility index (Phi) is 5.13. The van der Waals surface area contributed by atoms with E-state index in [1.807, 2.05) is 6.92 Å². The van der Waals surface area contributed by atoms with Crippen molar-refractivity contribution in [3.63, 3.8) is 0 Å². The second-order valence-electron chi connectivity index (χ2n) is 5.12. The molecule has 0 aliphatic heterocycles. The van der Waals surface area contributed by atoms with Gasteiger partial charge in [0.25, 0.3) is 0 Å². The van der Waals surface area contributed by atoms with Gasteiger partial charge >= 0.3 is 5.97 Å². The minimum Gasteiger partial charge on any atom is -0.481 e. The van der Waals surface area contributed by atoms with E-state index >= 15 is 0 Å². The van der Waals surface area contributed by atoms with E-state index in [2.05, 4.69) is 6.92 Å². The van der Waals surface area contributed by atoms with Gasteiger partial charge in [-0.3, -0.25) is 4.79 Å². The molecule has 0 spiro atoms. The Bertz CT molecular complexity index is 197. The number of carboxylic acids is 1. The molecule has 0 radical (unpaired) electrons. The number of hydrogen-bond acceptors (Lipinski definition) is 1. The van der Waals surface area contributed by atoms with E-state index in [4.69, 9.17) is 5.11 Å². The Morgan fingerprint density at radius 1 is 1.47 bits per heavy atom. The lowest BCUT2D eigenvalue weighted by molar-refractivity contribution is -0.141. The summed E-state index contributed by atoms with van der Waals surface area (Å²) < 4.78 is 0. The zero-order valence-corrected chi connectivity index (χ0v) is 10.0. The summed E-state index contributed by atoms with van der Waals surface area (Å²) in [6.45, 7) is 4.01. The summed E-state index contributed by atoms with van der Waals surface area (Å²) in [6, 6.07) is 0. The third kappa shape index (κ3) is 4.23. The summed E-state index contributed by atoms with van der Waals surface area (Å²) in [5, 5.41) is 8.86. The average molecular weight is 212 g/mol. The van der Waals surface area contributed by atoms with Crippen LogP contribution >= 0.6 is 0 Å². The summed E-state index contributed by atoms with van der Waals surface area (Å²) in [7, 11) is 0. The Morgan fingerprint density at radius 3 is 2.53 bits per heavy atom. The van der Waals surface area contributed by atoms with Gasteiger partial charge in [-0.15, -0.1) is 0 Å². The van der Waals surface area contributed by atoms with Gasteiger partial charge in [-0.1, -0.05) is 52.4 Å². The zero-order chi connectivity index (χ0) is 11.3. The van der Waals surface area contributed by atoms with Gasteiger partial charge < -0.3 is 5.11 Å². The van der Waals surface area contributed by atoms with E-state index in [1.54, 1.807) is 0 Å². The first-order valence-electron chi connectivity index (χ1n) is 6.36. The van der Waals surface area contributed by atoms with Gasteiger partial charge in [0.2, 0.25) is 0 Å². The molecule has 1 saturated carbocycles. The molecule has 1 aliphatic rings. The Morgan fingerprint density at radius 2 is 2.13 bits per heavy atom. The number of aliphatic carboxylic acids is 1. The van der Waals surface area contributed by atoms with Gasteiger partial charge in [-0.2, -0.15) is 0 Å². The van der Waals surface area contributed by atoms with Crippen molar-refractivity contribution in [1.29, 1.82) is 0 Å². The van der Waals surface area contributed by atoms with Gasteiger partial charge in [0.05, 0.1) is 5.92 Å². The van der Waals surface area contributed by atoms with Crippen molar-refractivity contribution >= 4 is 5.97 Å². The SMILES string of the molecule is CCC(CCC1CCC1)CC(C)C(=O)O. The molecule has 0 heterocycles. The molecular formula is C13H24O2. The number of carbonyl (C=O) groups is 1. The van der Waals surface area contributed by atoms with Gasteiger partial charge in [0, 0.05) is 0 Å². The monoisotopic (exact) mass is 212 g/mol. The van der Waals surface area contributed by atoms with Crippen molar-refractivity contribution < 1.29 is 9.90 Å². The van der Waals surface area contributed by atoms with Crippen LogP contribution in [0.4, 0.5) is 0 Å². The number of carboxylic acid groups (broad SMARTS) is 1. The van der Waals surface area contributed by atoms with Gasteiger partial charge in [-0.05, 0) is 18.3 Å². The van der Waals surface area contributed by atoms with E-state index in [1.165, 1.54) is 32.1 Å². The van der Waals surface area contributed by atoms with E-state index < -0.39 is 5.97 Å².